The Bertz CT molecular complexity index is 5980. The number of pyridine rings is 1. The van der Waals surface area contributed by atoms with Crippen molar-refractivity contribution < 1.29 is 42.3 Å². The molecular weight excluding hydrogens is 1520 g/mol. The van der Waals surface area contributed by atoms with Crippen LogP contribution in [0.2, 0.25) is 0 Å². The van der Waals surface area contributed by atoms with Gasteiger partial charge in [-0.25, -0.2) is 23.6 Å². The molecule has 2 saturated heterocycles. The SMILES string of the molecule is CCCCNC(=O)Nc1n[nH]c2cc(-c3cccc(C)c3)ccc12.CCN(CC)C(=O)C1CCCN(C(=O)Nc2n[nH]c3cc(-c4cc(C)cc(C)c4)ccc23)C1.COc1ccc(F)cc1-c1ccc2c(NC(=O)N3CCN(C(=O)c4ccco4)CC3)n[nH]c2c1.N#Cc1cccc(-c2ccc3c(NC(=O)NCCc4ccccn4)n[nH]c3c2)c1. The Morgan fingerprint density at radius 2 is 1.06 bits per heavy atom. The number of carbonyl (C=O) groups is 6. The van der Waals surface area contributed by atoms with Gasteiger partial charge in [-0.2, -0.15) is 25.7 Å². The van der Waals surface area contributed by atoms with E-state index in [0.717, 1.165) is 103 Å². The Balaban J connectivity index is 0.000000139. The first-order valence-corrected chi connectivity index (χ1v) is 40.0. The number of carbonyl (C=O) groups excluding carboxylic acids is 6. The molecule has 0 saturated carbocycles. The van der Waals surface area contributed by atoms with Crippen LogP contribution < -0.4 is 36.6 Å². The first-order valence-electron chi connectivity index (χ1n) is 40.0. The van der Waals surface area contributed by atoms with Gasteiger partial charge in [0.25, 0.3) is 5.91 Å². The fourth-order valence-corrected chi connectivity index (χ4v) is 14.5. The molecule has 0 aliphatic carbocycles. The number of aromatic amines is 4. The van der Waals surface area contributed by atoms with Crippen molar-refractivity contribution in [3.63, 3.8) is 0 Å². The van der Waals surface area contributed by atoms with Gasteiger partial charge in [-0.1, -0.05) is 115 Å². The number of unbranched alkanes of at least 4 members (excludes halogenated alkanes) is 1. The quantitative estimate of drug-likeness (QED) is 0.0337. The van der Waals surface area contributed by atoms with Gasteiger partial charge in [0.2, 0.25) is 5.91 Å². The number of aryl methyl sites for hydroxylation is 3. The van der Waals surface area contributed by atoms with Gasteiger partial charge >= 0.3 is 24.1 Å². The number of urea groups is 4. The molecule has 10 amide bonds. The Morgan fingerprint density at radius 1 is 0.533 bits per heavy atom. The zero-order chi connectivity index (χ0) is 84.2. The van der Waals surface area contributed by atoms with Crippen molar-refractivity contribution in [2.24, 2.45) is 5.92 Å². The lowest BCUT2D eigenvalue weighted by molar-refractivity contribution is -0.136. The largest absolute Gasteiger partial charge is 0.496 e. The van der Waals surface area contributed by atoms with Gasteiger partial charge in [0.05, 0.1) is 53.0 Å². The Labute approximate surface area is 692 Å². The van der Waals surface area contributed by atoms with Crippen LogP contribution in [-0.4, -0.2) is 174 Å². The molecule has 0 radical (unpaired) electrons. The third kappa shape index (κ3) is 20.7. The number of halogens is 1. The summed E-state index contributed by atoms with van der Waals surface area (Å²) in [4.78, 5) is 86.1. The van der Waals surface area contributed by atoms with E-state index in [1.54, 1.807) is 45.2 Å². The fourth-order valence-electron chi connectivity index (χ4n) is 14.5. The van der Waals surface area contributed by atoms with E-state index >= 15 is 0 Å². The monoisotopic (exact) mass is 1610 g/mol. The van der Waals surface area contributed by atoms with Gasteiger partial charge < -0.3 is 39.4 Å². The lowest BCUT2D eigenvalue weighted by Gasteiger charge is -2.34. The first kappa shape index (κ1) is 83.3. The third-order valence-corrected chi connectivity index (χ3v) is 20.8. The van der Waals surface area contributed by atoms with Crippen LogP contribution in [0.4, 0.5) is 46.8 Å². The summed E-state index contributed by atoms with van der Waals surface area (Å²) in [7, 11) is 1.53. The van der Waals surface area contributed by atoms with E-state index in [2.05, 4.69) is 172 Å². The van der Waals surface area contributed by atoms with E-state index in [4.69, 9.17) is 14.4 Å². The number of amides is 10. The molecule has 29 heteroatoms. The zero-order valence-corrected chi connectivity index (χ0v) is 67.9. The van der Waals surface area contributed by atoms with Crippen LogP contribution in [0.1, 0.15) is 85.0 Å². The molecule has 16 rings (SSSR count). The molecular formula is C91H95FN20O8. The van der Waals surface area contributed by atoms with Crippen molar-refractivity contribution in [1.82, 2.24) is 76.0 Å². The molecule has 28 nitrogen and oxygen atoms in total. The number of H-pyrrole nitrogens is 4. The van der Waals surface area contributed by atoms with Crippen LogP contribution >= 0.6 is 0 Å². The van der Waals surface area contributed by atoms with Crippen molar-refractivity contribution in [3.8, 4) is 56.3 Å². The molecule has 120 heavy (non-hydrogen) atoms. The number of aromatic nitrogens is 9. The van der Waals surface area contributed by atoms with Crippen LogP contribution in [0.25, 0.3) is 88.1 Å². The van der Waals surface area contributed by atoms with Crippen LogP contribution in [-0.2, 0) is 11.2 Å². The molecule has 2 aliphatic heterocycles. The highest BCUT2D eigenvalue weighted by Crippen LogP contribution is 2.36. The highest BCUT2D eigenvalue weighted by molar-refractivity contribution is 6.04. The highest BCUT2D eigenvalue weighted by atomic mass is 19.1. The van der Waals surface area contributed by atoms with Crippen molar-refractivity contribution in [3.05, 3.63) is 240 Å². The number of fused-ring (bicyclic) bond motifs is 4. The summed E-state index contributed by atoms with van der Waals surface area (Å²) in [6.07, 6.45) is 7.51. The number of ether oxygens (including phenoxy) is 1. The third-order valence-electron chi connectivity index (χ3n) is 20.8. The summed E-state index contributed by atoms with van der Waals surface area (Å²) in [6.45, 7) is 17.6. The number of hydrogen-bond donors (Lipinski definition) is 10. The summed E-state index contributed by atoms with van der Waals surface area (Å²) in [6, 6.07) is 60.2. The molecule has 1 atom stereocenters. The van der Waals surface area contributed by atoms with Gasteiger partial charge in [-0.05, 0) is 196 Å². The minimum atomic E-state index is -0.362. The van der Waals surface area contributed by atoms with E-state index in [1.165, 1.54) is 47.8 Å². The van der Waals surface area contributed by atoms with Crippen LogP contribution in [0.3, 0.4) is 0 Å². The first-order chi connectivity index (χ1) is 58.3. The maximum absolute atomic E-state index is 13.8. The van der Waals surface area contributed by atoms with E-state index in [-0.39, 0.29) is 53.4 Å². The average molecular weight is 1620 g/mol. The number of methoxy groups -OCH3 is 1. The smallest absolute Gasteiger partial charge is 0.323 e. The number of piperidine rings is 1. The number of nitriles is 1. The van der Waals surface area contributed by atoms with Gasteiger partial charge in [-0.3, -0.25) is 56.2 Å². The molecule has 6 aromatic heterocycles. The maximum Gasteiger partial charge on any atom is 0.323 e. The van der Waals surface area contributed by atoms with Gasteiger partial charge in [0.1, 0.15) is 11.6 Å². The molecule has 0 bridgehead atoms. The predicted molar refractivity (Wildman–Crippen MR) is 465 cm³/mol. The number of nitrogens with one attached hydrogen (secondary N) is 10. The number of furan rings is 1. The van der Waals surface area contributed by atoms with E-state index in [0.29, 0.717) is 118 Å². The summed E-state index contributed by atoms with van der Waals surface area (Å²) in [5, 5.41) is 58.3. The lowest BCUT2D eigenvalue weighted by Crippen LogP contribution is -2.51. The fraction of sp³-hybridized carbons (Fsp3) is 0.253. The van der Waals surface area contributed by atoms with Crippen molar-refractivity contribution in [2.45, 2.75) is 73.6 Å². The summed E-state index contributed by atoms with van der Waals surface area (Å²) >= 11 is 0. The second kappa shape index (κ2) is 39.3. The number of piperazine rings is 1. The lowest BCUT2D eigenvalue weighted by atomic mass is 9.96. The Hall–Kier alpha value is -14.7. The van der Waals surface area contributed by atoms with E-state index < -0.39 is 0 Å². The number of benzene rings is 8. The second-order valence-electron chi connectivity index (χ2n) is 29.2. The van der Waals surface area contributed by atoms with Gasteiger partial charge in [0, 0.05) is 111 Å². The van der Waals surface area contributed by atoms with E-state index in [1.807, 2.05) is 110 Å². The summed E-state index contributed by atoms with van der Waals surface area (Å²) in [5.74, 6) is 2.22. The normalized spacial score (nSPS) is 13.0. The molecule has 2 fully saturated rings. The van der Waals surface area contributed by atoms with Crippen LogP contribution in [0.5, 0.6) is 5.75 Å². The average Bonchev–Trinajstić information content (AvgIpc) is 1.50. The molecule has 10 N–H and O–H groups in total. The predicted octanol–water partition coefficient (Wildman–Crippen LogP) is 17.2. The van der Waals surface area contributed by atoms with Crippen LogP contribution in [0, 0.1) is 43.8 Å². The molecule has 1 unspecified atom stereocenters. The van der Waals surface area contributed by atoms with Gasteiger partial charge in [-0.15, -0.1) is 0 Å². The molecule has 8 heterocycles. The maximum atomic E-state index is 13.8. The number of rotatable bonds is 19. The Kier molecular flexibility index (Phi) is 27.3. The molecule has 0 spiro atoms. The summed E-state index contributed by atoms with van der Waals surface area (Å²) in [5.41, 5.74) is 16.3. The van der Waals surface area contributed by atoms with Gasteiger partial charge in [0.15, 0.2) is 29.0 Å². The van der Waals surface area contributed by atoms with E-state index in [9.17, 15) is 33.2 Å². The molecule has 2 aliphatic rings. The number of nitrogens with zero attached hydrogens (tertiary/aromatic N) is 10. The zero-order valence-electron chi connectivity index (χ0n) is 67.9. The van der Waals surface area contributed by atoms with Crippen LogP contribution in [0.15, 0.2) is 205 Å². The summed E-state index contributed by atoms with van der Waals surface area (Å²) < 4.78 is 24.3. The number of anilines is 4. The molecule has 14 aromatic rings. The number of likely N-dealkylation sites (tertiary alicyclic amines) is 1. The standard InChI is InChI=1S/C26H33N5O2.C24H22FN5O4.C22H18N6O.C19H22N4O/c1-5-30(6-2)25(32)20-8-7-11-31(16-20)26(33)27-24-22-10-9-19(15-23(22)28-29-24)21-13-17(3)12-18(4)14-21;1-33-20-7-5-16(25)14-18(20)15-4-6-17-19(13-15)27-28-22(17)26-24(32)30-10-8-29(9-11-30)23(31)21-3-2-12-34-21;23-14-15-4-3-5-16(12-15)17-7-8-19-20(13-17)27-28-21(19)26-22(29)25-11-9-18-6-1-2-10-24-18;1-3-4-10-20-19(24)21-18-16-9-8-15(12-17(16)22-23-18)14-7-5-6-13(2)11-14/h9-10,12-15,20H,5-8,11,16H2,1-4H3,(H2,27,28,29,33);2-7,12-14H,8-11H2,1H3,(H2,26,27,28,32);1-8,10,12-13H,9,11H2,(H3,25,26,27,28,29);5-9,11-12H,3-4,10H2,1-2H3,(H3,20,21,22,23,24). The van der Waals surface area contributed by atoms with Crippen molar-refractivity contribution in [1.29, 1.82) is 5.26 Å². The topological polar surface area (TPSA) is 361 Å². The van der Waals surface area contributed by atoms with Crippen molar-refractivity contribution in [2.75, 3.05) is 93.8 Å². The highest BCUT2D eigenvalue weighted by Gasteiger charge is 2.32. The minimum absolute atomic E-state index is 0.138. The molecule has 614 valence electrons. The minimum Gasteiger partial charge on any atom is -0.496 e. The molecule has 8 aromatic carbocycles. The second-order valence-corrected chi connectivity index (χ2v) is 29.2. The Morgan fingerprint density at radius 3 is 1.60 bits per heavy atom. The van der Waals surface area contributed by atoms with Crippen molar-refractivity contribution >= 4 is 103 Å². The number of hydrogen-bond acceptors (Lipinski definition) is 14.